The molecule has 0 aliphatic carbocycles. The molecule has 0 aromatic heterocycles. The van der Waals surface area contributed by atoms with E-state index in [1.54, 1.807) is 0 Å². The van der Waals surface area contributed by atoms with Gasteiger partial charge in [0.15, 0.2) is 0 Å². The Morgan fingerprint density at radius 2 is 2.31 bits per heavy atom. The summed E-state index contributed by atoms with van der Waals surface area (Å²) in [7, 11) is 0. The topological polar surface area (TPSA) is 55.1 Å². The molecular weight excluding hydrogens is 195 g/mol. The molecule has 0 atom stereocenters. The predicted molar refractivity (Wildman–Crippen MR) is 47.8 cm³/mol. The molecule has 3 N–H and O–H groups in total. The Hall–Kier alpha value is -1.29. The van der Waals surface area contributed by atoms with Crippen LogP contribution in [-0.2, 0) is 6.54 Å². The fourth-order valence-corrected chi connectivity index (χ4v) is 1.04. The summed E-state index contributed by atoms with van der Waals surface area (Å²) in [4.78, 5) is 10.3. The van der Waals surface area contributed by atoms with E-state index in [-0.39, 0.29) is 11.6 Å². The SMILES string of the molecule is NC(=O)NCc1ccc(F)c(Cl)c1. The molecule has 0 spiro atoms. The van der Waals surface area contributed by atoms with Crippen molar-refractivity contribution in [3.05, 3.63) is 34.6 Å². The summed E-state index contributed by atoms with van der Waals surface area (Å²) >= 11 is 5.51. The van der Waals surface area contributed by atoms with Gasteiger partial charge in [-0.25, -0.2) is 9.18 Å². The van der Waals surface area contributed by atoms with Crippen molar-refractivity contribution in [2.45, 2.75) is 6.54 Å². The van der Waals surface area contributed by atoms with Gasteiger partial charge < -0.3 is 11.1 Å². The number of primary amides is 1. The molecule has 0 unspecified atom stereocenters. The van der Waals surface area contributed by atoms with Crippen molar-refractivity contribution >= 4 is 17.6 Å². The average Bonchev–Trinajstić information content (AvgIpc) is 2.07. The van der Waals surface area contributed by atoms with E-state index in [1.807, 2.05) is 0 Å². The van der Waals surface area contributed by atoms with Crippen LogP contribution in [0.2, 0.25) is 5.02 Å². The van der Waals surface area contributed by atoms with Crippen molar-refractivity contribution in [1.29, 1.82) is 0 Å². The molecule has 3 nitrogen and oxygen atoms in total. The Balaban J connectivity index is 2.68. The Morgan fingerprint density at radius 3 is 2.85 bits per heavy atom. The second-order valence-electron chi connectivity index (χ2n) is 2.47. The molecule has 13 heavy (non-hydrogen) atoms. The van der Waals surface area contributed by atoms with E-state index in [0.717, 1.165) is 0 Å². The van der Waals surface area contributed by atoms with E-state index in [1.165, 1.54) is 18.2 Å². The molecular formula is C8H8ClFN2O. The highest BCUT2D eigenvalue weighted by molar-refractivity contribution is 6.30. The third-order valence-corrected chi connectivity index (χ3v) is 1.74. The number of hydrogen-bond acceptors (Lipinski definition) is 1. The standard InChI is InChI=1S/C8H8ClFN2O/c9-6-3-5(1-2-7(6)10)4-12-8(11)13/h1-3H,4H2,(H3,11,12,13). The van der Waals surface area contributed by atoms with Crippen molar-refractivity contribution in [3.8, 4) is 0 Å². The smallest absolute Gasteiger partial charge is 0.312 e. The molecule has 0 saturated carbocycles. The van der Waals surface area contributed by atoms with E-state index in [2.05, 4.69) is 5.32 Å². The molecule has 0 fully saturated rings. The molecule has 0 aliphatic heterocycles. The van der Waals surface area contributed by atoms with E-state index < -0.39 is 11.8 Å². The van der Waals surface area contributed by atoms with Gasteiger partial charge in [-0.15, -0.1) is 0 Å². The normalized spacial score (nSPS) is 9.69. The molecule has 0 bridgehead atoms. The minimum atomic E-state index is -0.625. The first-order valence-electron chi connectivity index (χ1n) is 3.57. The molecule has 0 saturated heterocycles. The molecule has 0 aliphatic rings. The van der Waals surface area contributed by atoms with Gasteiger partial charge in [-0.05, 0) is 17.7 Å². The van der Waals surface area contributed by atoms with Crippen LogP contribution in [0.15, 0.2) is 18.2 Å². The molecule has 70 valence electrons. The maximum absolute atomic E-state index is 12.7. The minimum absolute atomic E-state index is 0.0313. The summed E-state index contributed by atoms with van der Waals surface area (Å²) in [5, 5.41) is 2.40. The summed E-state index contributed by atoms with van der Waals surface area (Å²) in [5.74, 6) is -0.482. The average molecular weight is 203 g/mol. The van der Waals surface area contributed by atoms with Gasteiger partial charge in [0.05, 0.1) is 5.02 Å². The summed E-state index contributed by atoms with van der Waals surface area (Å²) in [6, 6.07) is 3.57. The highest BCUT2D eigenvalue weighted by Gasteiger charge is 2.00. The third kappa shape index (κ3) is 2.91. The van der Waals surface area contributed by atoms with Gasteiger partial charge in [0.2, 0.25) is 0 Å². The van der Waals surface area contributed by atoms with Crippen LogP contribution in [0, 0.1) is 5.82 Å². The van der Waals surface area contributed by atoms with Crippen molar-refractivity contribution in [1.82, 2.24) is 5.32 Å². The van der Waals surface area contributed by atoms with Crippen molar-refractivity contribution < 1.29 is 9.18 Å². The number of urea groups is 1. The molecule has 5 heteroatoms. The lowest BCUT2D eigenvalue weighted by atomic mass is 10.2. The maximum Gasteiger partial charge on any atom is 0.312 e. The first-order valence-corrected chi connectivity index (χ1v) is 3.94. The van der Waals surface area contributed by atoms with Gasteiger partial charge >= 0.3 is 6.03 Å². The fourth-order valence-electron chi connectivity index (χ4n) is 0.839. The molecule has 1 aromatic rings. The van der Waals surface area contributed by atoms with Crippen LogP contribution in [0.3, 0.4) is 0 Å². The number of carbonyl (C=O) groups is 1. The highest BCUT2D eigenvalue weighted by atomic mass is 35.5. The second-order valence-corrected chi connectivity index (χ2v) is 2.87. The number of amides is 2. The van der Waals surface area contributed by atoms with Crippen molar-refractivity contribution in [2.75, 3.05) is 0 Å². The van der Waals surface area contributed by atoms with E-state index in [4.69, 9.17) is 17.3 Å². The van der Waals surface area contributed by atoms with Crippen LogP contribution in [0.1, 0.15) is 5.56 Å². The summed E-state index contributed by atoms with van der Waals surface area (Å²) in [6.07, 6.45) is 0. The lowest BCUT2D eigenvalue weighted by Crippen LogP contribution is -2.28. The lowest BCUT2D eigenvalue weighted by molar-refractivity contribution is 0.248. The van der Waals surface area contributed by atoms with Gasteiger partial charge in [-0.2, -0.15) is 0 Å². The zero-order valence-electron chi connectivity index (χ0n) is 6.68. The molecule has 0 radical (unpaired) electrons. The lowest BCUT2D eigenvalue weighted by Gasteiger charge is -2.02. The Morgan fingerprint density at radius 1 is 1.62 bits per heavy atom. The predicted octanol–water partition coefficient (Wildman–Crippen LogP) is 1.65. The van der Waals surface area contributed by atoms with E-state index in [0.29, 0.717) is 5.56 Å². The Kier molecular flexibility index (Phi) is 3.08. The van der Waals surface area contributed by atoms with Crippen molar-refractivity contribution in [3.63, 3.8) is 0 Å². The first kappa shape index (κ1) is 9.80. The number of rotatable bonds is 2. The second kappa shape index (κ2) is 4.09. The first-order chi connectivity index (χ1) is 6.09. The monoisotopic (exact) mass is 202 g/mol. The van der Waals surface area contributed by atoms with Crippen LogP contribution in [-0.4, -0.2) is 6.03 Å². The molecule has 1 aromatic carbocycles. The van der Waals surface area contributed by atoms with Gasteiger partial charge in [0, 0.05) is 6.54 Å². The number of halogens is 2. The van der Waals surface area contributed by atoms with Gasteiger partial charge in [-0.3, -0.25) is 0 Å². The molecule has 0 heterocycles. The quantitative estimate of drug-likeness (QED) is 0.753. The number of nitrogens with one attached hydrogen (secondary N) is 1. The Bertz CT molecular complexity index is 330. The van der Waals surface area contributed by atoms with E-state index in [9.17, 15) is 9.18 Å². The zero-order chi connectivity index (χ0) is 9.84. The van der Waals surface area contributed by atoms with Gasteiger partial charge in [0.25, 0.3) is 0 Å². The fraction of sp³-hybridized carbons (Fsp3) is 0.125. The third-order valence-electron chi connectivity index (χ3n) is 1.45. The number of carbonyl (C=O) groups excluding carboxylic acids is 1. The molecule has 1 rings (SSSR count). The minimum Gasteiger partial charge on any atom is -0.352 e. The van der Waals surface area contributed by atoms with Crippen LogP contribution in [0.4, 0.5) is 9.18 Å². The summed E-state index contributed by atoms with van der Waals surface area (Å²) in [5.41, 5.74) is 5.55. The number of hydrogen-bond donors (Lipinski definition) is 2. The van der Waals surface area contributed by atoms with Crippen LogP contribution in [0.5, 0.6) is 0 Å². The van der Waals surface area contributed by atoms with Gasteiger partial charge in [-0.1, -0.05) is 17.7 Å². The molecule has 2 amide bonds. The summed E-state index contributed by atoms with van der Waals surface area (Å²) < 4.78 is 12.7. The van der Waals surface area contributed by atoms with Crippen LogP contribution >= 0.6 is 11.6 Å². The number of benzene rings is 1. The van der Waals surface area contributed by atoms with E-state index >= 15 is 0 Å². The highest BCUT2D eigenvalue weighted by Crippen LogP contribution is 2.15. The van der Waals surface area contributed by atoms with Crippen LogP contribution in [0.25, 0.3) is 0 Å². The summed E-state index contributed by atoms with van der Waals surface area (Å²) in [6.45, 7) is 0.245. The Labute approximate surface area is 79.7 Å². The van der Waals surface area contributed by atoms with Crippen LogP contribution < -0.4 is 11.1 Å². The number of nitrogens with two attached hydrogens (primary N) is 1. The largest absolute Gasteiger partial charge is 0.352 e. The van der Waals surface area contributed by atoms with Crippen molar-refractivity contribution in [2.24, 2.45) is 5.73 Å². The zero-order valence-corrected chi connectivity index (χ0v) is 7.44. The van der Waals surface area contributed by atoms with Gasteiger partial charge in [0.1, 0.15) is 5.82 Å². The maximum atomic E-state index is 12.7.